The first-order valence-corrected chi connectivity index (χ1v) is 9.79. The number of aryl methyl sites for hydroxylation is 2. The summed E-state index contributed by atoms with van der Waals surface area (Å²) < 4.78 is 5.23. The second kappa shape index (κ2) is 8.51. The highest BCUT2D eigenvalue weighted by atomic mass is 16.4. The van der Waals surface area contributed by atoms with Crippen LogP contribution in [-0.2, 0) is 11.2 Å². The molecule has 0 aliphatic carbocycles. The number of furan rings is 1. The lowest BCUT2D eigenvalue weighted by molar-refractivity contribution is -0.136. The number of piperidine rings is 1. The molecule has 29 heavy (non-hydrogen) atoms. The van der Waals surface area contributed by atoms with Gasteiger partial charge in [-0.05, 0) is 63.8 Å². The average Bonchev–Trinajstić information content (AvgIpc) is 3.02. The zero-order chi connectivity index (χ0) is 21.1. The Kier molecular flexibility index (Phi) is 6.06. The number of carboxylic acids is 1. The van der Waals surface area contributed by atoms with Crippen molar-refractivity contribution in [2.45, 2.75) is 52.5 Å². The Hall–Kier alpha value is -3.09. The van der Waals surface area contributed by atoms with E-state index in [1.807, 2.05) is 11.8 Å². The van der Waals surface area contributed by atoms with Crippen LogP contribution in [0.15, 0.2) is 28.9 Å². The summed E-state index contributed by atoms with van der Waals surface area (Å²) in [5.41, 5.74) is 2.73. The van der Waals surface area contributed by atoms with E-state index in [9.17, 15) is 14.4 Å². The molecule has 7 heteroatoms. The minimum absolute atomic E-state index is 0.00704. The Morgan fingerprint density at radius 1 is 1.21 bits per heavy atom. The van der Waals surface area contributed by atoms with Gasteiger partial charge in [-0.2, -0.15) is 0 Å². The third-order valence-electron chi connectivity index (χ3n) is 5.38. The Balaban J connectivity index is 1.78. The zero-order valence-corrected chi connectivity index (χ0v) is 16.9. The maximum Gasteiger partial charge on any atom is 0.311 e. The molecule has 0 bridgehead atoms. The number of hydrogen-bond acceptors (Lipinski definition) is 4. The Morgan fingerprint density at radius 2 is 1.97 bits per heavy atom. The zero-order valence-electron chi connectivity index (χ0n) is 16.9. The molecule has 2 N–H and O–H groups in total. The molecule has 1 atom stereocenters. The van der Waals surface area contributed by atoms with Crippen LogP contribution in [0.4, 0.5) is 5.69 Å². The van der Waals surface area contributed by atoms with Crippen molar-refractivity contribution in [2.24, 2.45) is 0 Å². The molecule has 2 aromatic rings. The summed E-state index contributed by atoms with van der Waals surface area (Å²) in [6, 6.07) is 5.43. The van der Waals surface area contributed by atoms with Crippen molar-refractivity contribution < 1.29 is 23.9 Å². The minimum Gasteiger partial charge on any atom is -0.481 e. The number of hydrogen-bond donors (Lipinski definition) is 2. The summed E-state index contributed by atoms with van der Waals surface area (Å²) in [7, 11) is 0. The smallest absolute Gasteiger partial charge is 0.311 e. The van der Waals surface area contributed by atoms with E-state index in [2.05, 4.69) is 12.2 Å². The lowest BCUT2D eigenvalue weighted by Crippen LogP contribution is -2.42. The molecule has 0 radical (unpaired) electrons. The van der Waals surface area contributed by atoms with Gasteiger partial charge in [0.15, 0.2) is 0 Å². The molecular formula is C22H26N2O5. The normalized spacial score (nSPS) is 16.5. The maximum absolute atomic E-state index is 12.8. The monoisotopic (exact) mass is 398 g/mol. The molecule has 2 amide bonds. The Bertz CT molecular complexity index is 947. The van der Waals surface area contributed by atoms with Crippen molar-refractivity contribution in [1.82, 2.24) is 4.90 Å². The number of nitrogens with one attached hydrogen (secondary N) is 1. The van der Waals surface area contributed by atoms with Crippen molar-refractivity contribution in [2.75, 3.05) is 11.9 Å². The minimum atomic E-state index is -1.07. The van der Waals surface area contributed by atoms with Gasteiger partial charge in [0.1, 0.15) is 12.2 Å². The van der Waals surface area contributed by atoms with Crippen molar-refractivity contribution in [3.05, 3.63) is 52.5 Å². The average molecular weight is 398 g/mol. The summed E-state index contributed by atoms with van der Waals surface area (Å²) in [6.45, 7) is 6.36. The van der Waals surface area contributed by atoms with Crippen molar-refractivity contribution in [3.63, 3.8) is 0 Å². The molecule has 1 aliphatic rings. The van der Waals surface area contributed by atoms with Crippen LogP contribution < -0.4 is 5.32 Å². The second-order valence-corrected chi connectivity index (χ2v) is 7.61. The van der Waals surface area contributed by atoms with Crippen molar-refractivity contribution in [1.29, 1.82) is 0 Å². The summed E-state index contributed by atoms with van der Waals surface area (Å²) in [5.74, 6) is -1.37. The molecule has 7 nitrogen and oxygen atoms in total. The van der Waals surface area contributed by atoms with Gasteiger partial charge in [-0.25, -0.2) is 0 Å². The van der Waals surface area contributed by atoms with Gasteiger partial charge in [-0.15, -0.1) is 0 Å². The van der Waals surface area contributed by atoms with Crippen LogP contribution in [0.25, 0.3) is 0 Å². The lowest BCUT2D eigenvalue weighted by Gasteiger charge is -2.33. The summed E-state index contributed by atoms with van der Waals surface area (Å²) >= 11 is 0. The standard InChI is InChI=1S/C22H26N2O5/c1-13-10-16(22(28)24-9-5-4-6-15(24)3)7-8-17(13)23-21(27)20-14(2)12-29-18(20)11-19(25)26/h7-8,10,12,15H,4-6,9,11H2,1-3H3,(H,23,27)(H,25,26). The summed E-state index contributed by atoms with van der Waals surface area (Å²) in [5, 5.41) is 11.8. The van der Waals surface area contributed by atoms with E-state index in [1.54, 1.807) is 25.1 Å². The van der Waals surface area contributed by atoms with Crippen molar-refractivity contribution in [3.8, 4) is 0 Å². The Labute approximate surface area is 169 Å². The molecule has 1 aromatic carbocycles. The third kappa shape index (κ3) is 4.50. The highest BCUT2D eigenvalue weighted by Gasteiger charge is 2.25. The third-order valence-corrected chi connectivity index (χ3v) is 5.38. The van der Waals surface area contributed by atoms with E-state index in [1.165, 1.54) is 6.26 Å². The second-order valence-electron chi connectivity index (χ2n) is 7.61. The van der Waals surface area contributed by atoms with Gasteiger partial charge in [0.25, 0.3) is 11.8 Å². The van der Waals surface area contributed by atoms with Gasteiger partial charge in [0.05, 0.1) is 11.8 Å². The number of carbonyl (C=O) groups is 3. The topological polar surface area (TPSA) is 99.9 Å². The van der Waals surface area contributed by atoms with Gasteiger partial charge in [0, 0.05) is 29.4 Å². The number of aliphatic carboxylic acids is 1. The number of nitrogens with zero attached hydrogens (tertiary/aromatic N) is 1. The number of anilines is 1. The number of likely N-dealkylation sites (tertiary alicyclic amines) is 1. The van der Waals surface area contributed by atoms with Crippen LogP contribution in [0, 0.1) is 13.8 Å². The first-order valence-electron chi connectivity index (χ1n) is 9.79. The van der Waals surface area contributed by atoms with Crippen LogP contribution in [0.5, 0.6) is 0 Å². The fraction of sp³-hybridized carbons (Fsp3) is 0.409. The lowest BCUT2D eigenvalue weighted by atomic mass is 10.0. The van der Waals surface area contributed by atoms with E-state index in [0.717, 1.165) is 31.4 Å². The molecule has 2 heterocycles. The van der Waals surface area contributed by atoms with Crippen LogP contribution in [0.3, 0.4) is 0 Å². The van der Waals surface area contributed by atoms with Crippen LogP contribution in [0.1, 0.15) is 63.8 Å². The van der Waals surface area contributed by atoms with E-state index in [0.29, 0.717) is 16.8 Å². The van der Waals surface area contributed by atoms with Gasteiger partial charge >= 0.3 is 5.97 Å². The Morgan fingerprint density at radius 3 is 2.62 bits per heavy atom. The van der Waals surface area contributed by atoms with Crippen LogP contribution >= 0.6 is 0 Å². The van der Waals surface area contributed by atoms with Gasteiger partial charge in [-0.3, -0.25) is 14.4 Å². The summed E-state index contributed by atoms with van der Waals surface area (Å²) in [6.07, 6.45) is 4.19. The SMILES string of the molecule is Cc1cc(C(=O)N2CCCCC2C)ccc1NC(=O)c1c(C)coc1CC(=O)O. The predicted octanol–water partition coefficient (Wildman–Crippen LogP) is 3.79. The van der Waals surface area contributed by atoms with Gasteiger partial charge in [-0.1, -0.05) is 0 Å². The maximum atomic E-state index is 12.8. The quantitative estimate of drug-likeness (QED) is 0.798. The van der Waals surface area contributed by atoms with E-state index in [4.69, 9.17) is 9.52 Å². The molecule has 1 aliphatic heterocycles. The number of carbonyl (C=O) groups excluding carboxylic acids is 2. The first-order chi connectivity index (χ1) is 13.8. The first kappa shape index (κ1) is 20.6. The molecule has 3 rings (SSSR count). The van der Waals surface area contributed by atoms with Gasteiger partial charge < -0.3 is 19.7 Å². The number of amides is 2. The van der Waals surface area contributed by atoms with E-state index in [-0.39, 0.29) is 29.7 Å². The molecule has 1 aromatic heterocycles. The fourth-order valence-electron chi connectivity index (χ4n) is 3.76. The number of benzene rings is 1. The molecular weight excluding hydrogens is 372 g/mol. The molecule has 1 saturated heterocycles. The number of carboxylic acid groups (broad SMARTS) is 1. The summed E-state index contributed by atoms with van der Waals surface area (Å²) in [4.78, 5) is 38.5. The molecule has 154 valence electrons. The molecule has 1 unspecified atom stereocenters. The highest BCUT2D eigenvalue weighted by Crippen LogP contribution is 2.24. The highest BCUT2D eigenvalue weighted by molar-refractivity contribution is 6.07. The molecule has 0 saturated carbocycles. The molecule has 1 fully saturated rings. The van der Waals surface area contributed by atoms with E-state index < -0.39 is 11.9 Å². The fourth-order valence-corrected chi connectivity index (χ4v) is 3.76. The van der Waals surface area contributed by atoms with Gasteiger partial charge in [0.2, 0.25) is 0 Å². The van der Waals surface area contributed by atoms with Crippen LogP contribution in [0.2, 0.25) is 0 Å². The van der Waals surface area contributed by atoms with Crippen LogP contribution in [-0.4, -0.2) is 40.4 Å². The predicted molar refractivity (Wildman–Crippen MR) is 108 cm³/mol. The largest absolute Gasteiger partial charge is 0.481 e. The molecule has 0 spiro atoms. The van der Waals surface area contributed by atoms with Crippen molar-refractivity contribution >= 4 is 23.5 Å². The van der Waals surface area contributed by atoms with E-state index >= 15 is 0 Å². The number of rotatable bonds is 5.